The van der Waals surface area contributed by atoms with Gasteiger partial charge in [0, 0.05) is 5.56 Å². The molecule has 0 unspecified atom stereocenters. The van der Waals surface area contributed by atoms with Crippen LogP contribution in [0.25, 0.3) is 33.9 Å². The molecule has 12 heteroatoms. The molecule has 0 aliphatic heterocycles. The van der Waals surface area contributed by atoms with Crippen LogP contribution in [0.3, 0.4) is 0 Å². The molecule has 3 heterocycles. The summed E-state index contributed by atoms with van der Waals surface area (Å²) in [6.45, 7) is 1.96. The van der Waals surface area contributed by atoms with Crippen LogP contribution in [0.1, 0.15) is 23.0 Å². The highest BCUT2D eigenvalue weighted by Gasteiger charge is 2.20. The summed E-state index contributed by atoms with van der Waals surface area (Å²) in [5, 5.41) is 11.4. The normalized spacial score (nSPS) is 11.3. The molecule has 0 bridgehead atoms. The molecule has 0 saturated heterocycles. The minimum Gasteiger partial charge on any atom is -0.462 e. The van der Waals surface area contributed by atoms with Crippen molar-refractivity contribution in [1.29, 1.82) is 0 Å². The van der Waals surface area contributed by atoms with Crippen LogP contribution in [0.4, 0.5) is 5.82 Å². The van der Waals surface area contributed by atoms with Gasteiger partial charge >= 0.3 is 5.97 Å². The predicted molar refractivity (Wildman–Crippen MR) is 133 cm³/mol. The average Bonchev–Trinajstić information content (AvgIpc) is 3.63. The Morgan fingerprint density at radius 2 is 1.92 bits per heavy atom. The van der Waals surface area contributed by atoms with Gasteiger partial charge < -0.3 is 19.5 Å². The highest BCUT2D eigenvalue weighted by atomic mass is 16.6. The monoisotopic (exact) mass is 499 g/mol. The molecular formula is C25H21N7O5. The lowest BCUT2D eigenvalue weighted by molar-refractivity contribution is -0.121. The largest absolute Gasteiger partial charge is 0.462 e. The number of nitrogen functional groups attached to an aromatic ring is 1. The number of furan rings is 1. The van der Waals surface area contributed by atoms with Crippen molar-refractivity contribution in [3.63, 3.8) is 0 Å². The van der Waals surface area contributed by atoms with Crippen molar-refractivity contribution in [2.45, 2.75) is 13.5 Å². The molecular weight excluding hydrogens is 478 g/mol. The lowest BCUT2D eigenvalue weighted by Gasteiger charge is -2.06. The maximum atomic E-state index is 12.7. The SMILES string of the molecule is CCOC(=O)c1ccc(-c2ccc(/C=N\NC(=O)Cn3c(-c4nonc4N)nc4ccccc43)o2)cc1. The lowest BCUT2D eigenvalue weighted by atomic mass is 10.1. The predicted octanol–water partition coefficient (Wildman–Crippen LogP) is 3.26. The maximum Gasteiger partial charge on any atom is 0.338 e. The van der Waals surface area contributed by atoms with E-state index in [9.17, 15) is 9.59 Å². The Labute approximate surface area is 209 Å². The molecule has 5 rings (SSSR count). The summed E-state index contributed by atoms with van der Waals surface area (Å²) in [5.74, 6) is 0.644. The van der Waals surface area contributed by atoms with Gasteiger partial charge in [-0.1, -0.05) is 24.3 Å². The van der Waals surface area contributed by atoms with Crippen molar-refractivity contribution in [1.82, 2.24) is 25.3 Å². The van der Waals surface area contributed by atoms with Crippen LogP contribution in [0.15, 0.2) is 74.8 Å². The van der Waals surface area contributed by atoms with E-state index in [1.807, 2.05) is 24.3 Å². The lowest BCUT2D eigenvalue weighted by Crippen LogP contribution is -2.23. The van der Waals surface area contributed by atoms with E-state index in [0.29, 0.717) is 40.5 Å². The first kappa shape index (κ1) is 23.5. The number of carbonyl (C=O) groups is 2. The molecule has 37 heavy (non-hydrogen) atoms. The van der Waals surface area contributed by atoms with Crippen molar-refractivity contribution in [3.8, 4) is 22.8 Å². The number of anilines is 1. The zero-order chi connectivity index (χ0) is 25.8. The number of benzene rings is 2. The average molecular weight is 499 g/mol. The van der Waals surface area contributed by atoms with Crippen molar-refractivity contribution in [3.05, 3.63) is 72.0 Å². The maximum absolute atomic E-state index is 12.7. The number of nitrogens with one attached hydrogen (secondary N) is 1. The van der Waals surface area contributed by atoms with Crippen molar-refractivity contribution in [2.24, 2.45) is 5.10 Å². The Hall–Kier alpha value is -5.26. The van der Waals surface area contributed by atoms with E-state index >= 15 is 0 Å². The molecule has 0 spiro atoms. The van der Waals surface area contributed by atoms with Gasteiger partial charge in [0.1, 0.15) is 18.1 Å². The van der Waals surface area contributed by atoms with E-state index in [0.717, 1.165) is 5.56 Å². The number of amides is 1. The Morgan fingerprint density at radius 3 is 2.68 bits per heavy atom. The van der Waals surface area contributed by atoms with Gasteiger partial charge in [-0.2, -0.15) is 5.10 Å². The number of hydrazone groups is 1. The van der Waals surface area contributed by atoms with Crippen molar-refractivity contribution < 1.29 is 23.4 Å². The number of esters is 1. The third-order valence-corrected chi connectivity index (χ3v) is 5.37. The van der Waals surface area contributed by atoms with Crippen LogP contribution < -0.4 is 11.2 Å². The highest BCUT2D eigenvalue weighted by Crippen LogP contribution is 2.26. The molecule has 0 atom stereocenters. The standard InChI is InChI=1S/C25H21N7O5/c1-2-35-25(34)16-9-7-15(8-10-16)20-12-11-17(36-20)13-27-29-21(33)14-32-19-6-4-3-5-18(19)28-24(32)22-23(26)31-37-30-22/h3-13H,2,14H2,1H3,(H2,26,31)(H,29,33)/b27-13-. The fourth-order valence-electron chi connectivity index (χ4n) is 3.68. The van der Waals surface area contributed by atoms with Crippen LogP contribution in [0.2, 0.25) is 0 Å². The van der Waals surface area contributed by atoms with E-state index in [4.69, 9.17) is 19.5 Å². The van der Waals surface area contributed by atoms with Gasteiger partial charge in [-0.15, -0.1) is 0 Å². The fourth-order valence-corrected chi connectivity index (χ4v) is 3.68. The van der Waals surface area contributed by atoms with Crippen LogP contribution >= 0.6 is 0 Å². The van der Waals surface area contributed by atoms with E-state index in [1.165, 1.54) is 6.21 Å². The van der Waals surface area contributed by atoms with E-state index < -0.39 is 5.91 Å². The molecule has 3 N–H and O–H groups in total. The van der Waals surface area contributed by atoms with Gasteiger partial charge in [-0.05, 0) is 53.6 Å². The minimum atomic E-state index is -0.406. The topological polar surface area (TPSA) is 164 Å². The summed E-state index contributed by atoms with van der Waals surface area (Å²) in [7, 11) is 0. The summed E-state index contributed by atoms with van der Waals surface area (Å²) < 4.78 is 17.1. The van der Waals surface area contributed by atoms with Crippen LogP contribution in [0, 0.1) is 0 Å². The number of rotatable bonds is 8. The number of carbonyl (C=O) groups excluding carboxylic acids is 2. The van der Waals surface area contributed by atoms with Gasteiger partial charge in [-0.3, -0.25) is 4.79 Å². The molecule has 2 aromatic carbocycles. The number of nitrogens with zero attached hydrogens (tertiary/aromatic N) is 5. The Morgan fingerprint density at radius 1 is 1.11 bits per heavy atom. The first-order valence-electron chi connectivity index (χ1n) is 11.3. The minimum absolute atomic E-state index is 0.0686. The molecule has 0 fully saturated rings. The quantitative estimate of drug-likeness (QED) is 0.185. The summed E-state index contributed by atoms with van der Waals surface area (Å²) >= 11 is 0. The second-order valence-electron chi connectivity index (χ2n) is 7.80. The summed E-state index contributed by atoms with van der Waals surface area (Å²) in [5.41, 5.74) is 11.2. The zero-order valence-electron chi connectivity index (χ0n) is 19.6. The smallest absolute Gasteiger partial charge is 0.338 e. The first-order valence-corrected chi connectivity index (χ1v) is 11.3. The number of fused-ring (bicyclic) bond motifs is 1. The zero-order valence-corrected chi connectivity index (χ0v) is 19.6. The highest BCUT2D eigenvalue weighted by molar-refractivity contribution is 5.90. The number of aromatic nitrogens is 4. The molecule has 0 radical (unpaired) electrons. The molecule has 0 saturated carbocycles. The molecule has 0 aliphatic rings. The van der Waals surface area contributed by atoms with Gasteiger partial charge in [0.2, 0.25) is 0 Å². The number of imidazole rings is 1. The Bertz CT molecular complexity index is 1600. The summed E-state index contributed by atoms with van der Waals surface area (Å²) in [4.78, 5) is 29.0. The van der Waals surface area contributed by atoms with Gasteiger partial charge in [-0.25, -0.2) is 19.8 Å². The number of para-hydroxylation sites is 2. The van der Waals surface area contributed by atoms with Gasteiger partial charge in [0.15, 0.2) is 17.3 Å². The Kier molecular flexibility index (Phi) is 6.45. The third kappa shape index (κ3) is 4.93. The number of ether oxygens (including phenoxy) is 1. The van der Waals surface area contributed by atoms with Crippen molar-refractivity contribution in [2.75, 3.05) is 12.3 Å². The van der Waals surface area contributed by atoms with Crippen molar-refractivity contribution >= 4 is 34.9 Å². The van der Waals surface area contributed by atoms with Gasteiger partial charge in [0.25, 0.3) is 5.91 Å². The second-order valence-corrected chi connectivity index (χ2v) is 7.80. The van der Waals surface area contributed by atoms with E-state index in [2.05, 4.69) is 25.8 Å². The number of nitrogens with two attached hydrogens (primary N) is 1. The molecule has 0 aliphatic carbocycles. The van der Waals surface area contributed by atoms with Crippen LogP contribution in [-0.2, 0) is 16.1 Å². The first-order chi connectivity index (χ1) is 18.0. The molecule has 5 aromatic rings. The van der Waals surface area contributed by atoms with E-state index in [-0.39, 0.29) is 24.0 Å². The number of hydrogen-bond donors (Lipinski definition) is 2. The third-order valence-electron chi connectivity index (χ3n) is 5.37. The summed E-state index contributed by atoms with van der Waals surface area (Å²) in [6.07, 6.45) is 1.39. The van der Waals surface area contributed by atoms with E-state index in [1.54, 1.807) is 47.9 Å². The van der Waals surface area contributed by atoms with Gasteiger partial charge in [0.05, 0.1) is 29.4 Å². The number of hydrogen-bond acceptors (Lipinski definition) is 10. The molecule has 3 aromatic heterocycles. The summed E-state index contributed by atoms with van der Waals surface area (Å²) in [6, 6.07) is 17.7. The van der Waals surface area contributed by atoms with Crippen LogP contribution in [-0.4, -0.2) is 44.6 Å². The second kappa shape index (κ2) is 10.2. The van der Waals surface area contributed by atoms with Crippen LogP contribution in [0.5, 0.6) is 0 Å². The Balaban J connectivity index is 1.26. The molecule has 12 nitrogen and oxygen atoms in total. The molecule has 1 amide bonds. The molecule has 186 valence electrons. The fraction of sp³-hybridized carbons (Fsp3) is 0.120.